The Morgan fingerprint density at radius 1 is 1.40 bits per heavy atom. The number of rotatable bonds is 1. The van der Waals surface area contributed by atoms with Crippen LogP contribution in [0.2, 0.25) is 0 Å². The Bertz CT molecular complexity index is 548. The van der Waals surface area contributed by atoms with Crippen LogP contribution in [-0.4, -0.2) is 41.6 Å². The first kappa shape index (κ1) is 13.3. The summed E-state index contributed by atoms with van der Waals surface area (Å²) in [6.07, 6.45) is 3.85. The molecule has 2 nitrogen and oxygen atoms in total. The van der Waals surface area contributed by atoms with E-state index < -0.39 is 0 Å². The van der Waals surface area contributed by atoms with Crippen LogP contribution in [0.5, 0.6) is 0 Å². The lowest BCUT2D eigenvalue weighted by atomic mass is 9.55. The summed E-state index contributed by atoms with van der Waals surface area (Å²) in [5, 5.41) is 0.947. The number of ether oxygens (including phenoxy) is 1. The van der Waals surface area contributed by atoms with E-state index in [1.807, 2.05) is 0 Å². The molecule has 1 aliphatic carbocycles. The summed E-state index contributed by atoms with van der Waals surface area (Å²) in [5.41, 5.74) is 3.29. The first-order valence-electron chi connectivity index (χ1n) is 7.63. The molecular formula is C17H22BrNO. The first-order chi connectivity index (χ1) is 9.61. The second-order valence-electron chi connectivity index (χ2n) is 6.90. The minimum Gasteiger partial charge on any atom is -0.369 e. The average molecular weight is 336 g/mol. The lowest BCUT2D eigenvalue weighted by Gasteiger charge is -2.58. The normalized spacial score (nSPS) is 43.1. The van der Waals surface area contributed by atoms with Crippen molar-refractivity contribution in [1.29, 1.82) is 0 Å². The van der Waals surface area contributed by atoms with Crippen LogP contribution >= 0.6 is 15.9 Å². The molecule has 1 unspecified atom stereocenters. The van der Waals surface area contributed by atoms with Gasteiger partial charge in [0.05, 0.1) is 11.7 Å². The number of hydrogen-bond acceptors (Lipinski definition) is 2. The SMILES string of the molecule is CN1CC[C@]23CC(CBr)O[C@]2(C)[C@H]1Cc1ccccc13. The van der Waals surface area contributed by atoms with Crippen molar-refractivity contribution in [3.63, 3.8) is 0 Å². The highest BCUT2D eigenvalue weighted by Crippen LogP contribution is 2.59. The largest absolute Gasteiger partial charge is 0.369 e. The van der Waals surface area contributed by atoms with Crippen molar-refractivity contribution in [2.75, 3.05) is 18.9 Å². The Balaban J connectivity index is 1.93. The highest BCUT2D eigenvalue weighted by atomic mass is 79.9. The van der Waals surface area contributed by atoms with Crippen LogP contribution in [-0.2, 0) is 16.6 Å². The monoisotopic (exact) mass is 335 g/mol. The van der Waals surface area contributed by atoms with Gasteiger partial charge in [-0.1, -0.05) is 40.2 Å². The zero-order valence-corrected chi connectivity index (χ0v) is 13.8. The number of benzene rings is 1. The maximum absolute atomic E-state index is 6.60. The van der Waals surface area contributed by atoms with Gasteiger partial charge in [0.2, 0.25) is 0 Å². The minimum absolute atomic E-state index is 0.0349. The van der Waals surface area contributed by atoms with Crippen LogP contribution in [0.4, 0.5) is 0 Å². The quantitative estimate of drug-likeness (QED) is 0.731. The van der Waals surface area contributed by atoms with Gasteiger partial charge in [-0.05, 0) is 50.9 Å². The van der Waals surface area contributed by atoms with E-state index in [1.165, 1.54) is 13.0 Å². The number of fused-ring (bicyclic) bond motifs is 1. The Labute approximate surface area is 129 Å². The van der Waals surface area contributed by atoms with E-state index in [0.717, 1.165) is 18.2 Å². The fraction of sp³-hybridized carbons (Fsp3) is 0.647. The van der Waals surface area contributed by atoms with Gasteiger partial charge >= 0.3 is 0 Å². The van der Waals surface area contributed by atoms with Gasteiger partial charge in [0.25, 0.3) is 0 Å². The van der Waals surface area contributed by atoms with E-state index in [0.29, 0.717) is 12.1 Å². The van der Waals surface area contributed by atoms with Gasteiger partial charge in [0.1, 0.15) is 0 Å². The van der Waals surface area contributed by atoms with Gasteiger partial charge in [-0.2, -0.15) is 0 Å². The maximum atomic E-state index is 6.60. The minimum atomic E-state index is -0.0349. The topological polar surface area (TPSA) is 12.5 Å². The summed E-state index contributed by atoms with van der Waals surface area (Å²) in [6, 6.07) is 9.58. The van der Waals surface area contributed by atoms with Crippen molar-refractivity contribution in [2.45, 2.75) is 49.3 Å². The van der Waals surface area contributed by atoms with Crippen LogP contribution in [0.15, 0.2) is 24.3 Å². The third-order valence-electron chi connectivity index (χ3n) is 6.12. The Morgan fingerprint density at radius 2 is 2.20 bits per heavy atom. The maximum Gasteiger partial charge on any atom is 0.0913 e. The molecule has 0 N–H and O–H groups in total. The molecule has 4 atom stereocenters. The molecule has 2 saturated heterocycles. The molecule has 0 amide bonds. The number of alkyl halides is 1. The number of piperidine rings is 1. The Morgan fingerprint density at radius 3 is 3.00 bits per heavy atom. The third-order valence-corrected chi connectivity index (χ3v) is 6.84. The summed E-state index contributed by atoms with van der Waals surface area (Å²) in [4.78, 5) is 2.52. The van der Waals surface area contributed by atoms with Gasteiger partial charge in [-0.15, -0.1) is 0 Å². The zero-order valence-electron chi connectivity index (χ0n) is 12.2. The van der Waals surface area contributed by atoms with Crippen molar-refractivity contribution in [3.05, 3.63) is 35.4 Å². The first-order valence-corrected chi connectivity index (χ1v) is 8.75. The van der Waals surface area contributed by atoms with E-state index >= 15 is 0 Å². The van der Waals surface area contributed by atoms with E-state index in [4.69, 9.17) is 4.74 Å². The molecule has 4 rings (SSSR count). The van der Waals surface area contributed by atoms with Crippen molar-refractivity contribution < 1.29 is 4.74 Å². The lowest BCUT2D eigenvalue weighted by molar-refractivity contribution is -0.128. The van der Waals surface area contributed by atoms with E-state index in [9.17, 15) is 0 Å². The van der Waals surface area contributed by atoms with Crippen LogP contribution in [0, 0.1) is 0 Å². The van der Waals surface area contributed by atoms with Crippen LogP contribution < -0.4 is 0 Å². The molecule has 3 aliphatic rings. The van der Waals surface area contributed by atoms with Gasteiger partial charge in [-0.3, -0.25) is 0 Å². The second-order valence-corrected chi connectivity index (χ2v) is 7.54. The molecule has 1 aromatic rings. The molecule has 20 heavy (non-hydrogen) atoms. The van der Waals surface area contributed by atoms with Crippen molar-refractivity contribution in [1.82, 2.24) is 4.90 Å². The predicted molar refractivity (Wildman–Crippen MR) is 84.5 cm³/mol. The summed E-state index contributed by atoms with van der Waals surface area (Å²) < 4.78 is 6.60. The molecule has 2 bridgehead atoms. The second kappa shape index (κ2) is 4.31. The molecule has 2 fully saturated rings. The molecular weight excluding hydrogens is 314 g/mol. The van der Waals surface area contributed by atoms with Crippen molar-refractivity contribution in [3.8, 4) is 0 Å². The van der Waals surface area contributed by atoms with Gasteiger partial charge in [0, 0.05) is 16.8 Å². The molecule has 1 aromatic carbocycles. The fourth-order valence-electron chi connectivity index (χ4n) is 5.11. The predicted octanol–water partition coefficient (Wildman–Crippen LogP) is 3.13. The highest BCUT2D eigenvalue weighted by Gasteiger charge is 2.65. The molecule has 2 aliphatic heterocycles. The van der Waals surface area contributed by atoms with E-state index in [1.54, 1.807) is 11.1 Å². The number of nitrogens with zero attached hydrogens (tertiary/aromatic N) is 1. The number of likely N-dealkylation sites (N-methyl/N-ethyl adjacent to an activating group) is 1. The van der Waals surface area contributed by atoms with Crippen molar-refractivity contribution in [2.24, 2.45) is 0 Å². The molecule has 2 heterocycles. The summed E-state index contributed by atoms with van der Waals surface area (Å²) in [6.45, 7) is 3.55. The highest BCUT2D eigenvalue weighted by molar-refractivity contribution is 9.09. The van der Waals surface area contributed by atoms with Gasteiger partial charge in [-0.25, -0.2) is 0 Å². The van der Waals surface area contributed by atoms with Crippen LogP contribution in [0.3, 0.4) is 0 Å². The number of likely N-dealkylation sites (tertiary alicyclic amines) is 1. The van der Waals surface area contributed by atoms with Gasteiger partial charge < -0.3 is 9.64 Å². The van der Waals surface area contributed by atoms with Crippen LogP contribution in [0.1, 0.15) is 30.9 Å². The Hall–Kier alpha value is -0.380. The molecule has 0 spiro atoms. The summed E-state index contributed by atoms with van der Waals surface area (Å²) in [5.74, 6) is 0. The van der Waals surface area contributed by atoms with Gasteiger partial charge in [0.15, 0.2) is 0 Å². The third kappa shape index (κ3) is 1.47. The lowest BCUT2D eigenvalue weighted by Crippen LogP contribution is -2.67. The fourth-order valence-corrected chi connectivity index (χ4v) is 5.47. The smallest absolute Gasteiger partial charge is 0.0913 e. The standard InChI is InChI=1S/C17H22BrNO/c1-16-15-9-12-5-3-4-6-14(12)17(16,7-8-19(15)2)10-13(11-18)20-16/h3-6,13,15H,7-11H2,1-2H3/t13?,15-,16-,17-/m1/s1. The number of hydrogen-bond donors (Lipinski definition) is 0. The zero-order chi connectivity index (χ0) is 14.0. The molecule has 108 valence electrons. The Kier molecular flexibility index (Phi) is 2.87. The molecule has 0 radical (unpaired) electrons. The van der Waals surface area contributed by atoms with E-state index in [2.05, 4.69) is 59.1 Å². The molecule has 0 saturated carbocycles. The number of halogens is 1. The van der Waals surface area contributed by atoms with Crippen molar-refractivity contribution >= 4 is 15.9 Å². The molecule has 0 aromatic heterocycles. The van der Waals surface area contributed by atoms with E-state index in [-0.39, 0.29) is 11.0 Å². The summed E-state index contributed by atoms with van der Waals surface area (Å²) in [7, 11) is 2.26. The summed E-state index contributed by atoms with van der Waals surface area (Å²) >= 11 is 3.64. The molecule has 3 heteroatoms. The average Bonchev–Trinajstić information content (AvgIpc) is 2.78. The van der Waals surface area contributed by atoms with Crippen LogP contribution in [0.25, 0.3) is 0 Å².